The summed E-state index contributed by atoms with van der Waals surface area (Å²) in [5.74, 6) is -0.180. The highest BCUT2D eigenvalue weighted by atomic mass is 19.1. The minimum absolute atomic E-state index is 0.0562. The van der Waals surface area contributed by atoms with E-state index in [1.165, 1.54) is 32.8 Å². The van der Waals surface area contributed by atoms with Gasteiger partial charge in [-0.25, -0.2) is 4.39 Å². The van der Waals surface area contributed by atoms with E-state index in [0.29, 0.717) is 0 Å². The van der Waals surface area contributed by atoms with E-state index in [1.807, 2.05) is 6.07 Å². The average Bonchev–Trinajstić information content (AvgIpc) is 2.78. The maximum atomic E-state index is 12.7. The molecule has 0 amide bonds. The van der Waals surface area contributed by atoms with Crippen molar-refractivity contribution in [3.8, 4) is 0 Å². The predicted molar refractivity (Wildman–Crippen MR) is 72.0 cm³/mol. The molecule has 0 heterocycles. The van der Waals surface area contributed by atoms with Gasteiger partial charge in [0.05, 0.1) is 0 Å². The average molecular weight is 244 g/mol. The van der Waals surface area contributed by atoms with Crippen molar-refractivity contribution in [2.45, 2.75) is 18.9 Å². The summed E-state index contributed by atoms with van der Waals surface area (Å²) in [6, 6.07) is 4.93. The molecule has 0 aromatic heterocycles. The predicted octanol–water partition coefficient (Wildman–Crippen LogP) is 0.496. The van der Waals surface area contributed by atoms with Crippen LogP contribution in [-0.4, -0.2) is 21.1 Å². The van der Waals surface area contributed by atoms with Gasteiger partial charge in [0, 0.05) is 6.04 Å². The Balaban J connectivity index is 0. The van der Waals surface area contributed by atoms with Crippen LogP contribution < -0.4 is 22.9 Å². The normalized spacial score (nSPS) is 15.2. The highest BCUT2D eigenvalue weighted by Gasteiger charge is 2.18. The highest BCUT2D eigenvalue weighted by Crippen LogP contribution is 2.29. The fraction of sp³-hybridized carbons (Fsp3) is 0.500. The van der Waals surface area contributed by atoms with Crippen LogP contribution in [0.4, 0.5) is 4.39 Å². The van der Waals surface area contributed by atoms with Crippen LogP contribution in [0.15, 0.2) is 18.2 Å². The summed E-state index contributed by atoms with van der Waals surface area (Å²) in [7, 11) is 4.50. The van der Waals surface area contributed by atoms with Gasteiger partial charge >= 0.3 is 0 Å². The first-order chi connectivity index (χ1) is 8.27. The Kier molecular flexibility index (Phi) is 12.4. The molecule has 100 valence electrons. The molecule has 0 saturated carbocycles. The van der Waals surface area contributed by atoms with Crippen LogP contribution in [0.3, 0.4) is 0 Å². The molecular formula is C12H25FN4. The second-order valence-corrected chi connectivity index (χ2v) is 2.99. The SMILES string of the molecule is CN.CN.CN.NC1CCc2ccc(F)cc21. The lowest BCUT2D eigenvalue weighted by Crippen LogP contribution is -2.05. The number of aryl methyl sites for hydroxylation is 1. The summed E-state index contributed by atoms with van der Waals surface area (Å²) in [4.78, 5) is 0. The maximum Gasteiger partial charge on any atom is 0.123 e. The van der Waals surface area contributed by atoms with Crippen LogP contribution in [0.1, 0.15) is 23.6 Å². The zero-order valence-corrected chi connectivity index (χ0v) is 10.9. The van der Waals surface area contributed by atoms with Crippen LogP contribution >= 0.6 is 0 Å². The number of hydrogen-bond acceptors (Lipinski definition) is 4. The summed E-state index contributed by atoms with van der Waals surface area (Å²) < 4.78 is 12.7. The minimum Gasteiger partial charge on any atom is -0.333 e. The Labute approximate surface area is 103 Å². The van der Waals surface area contributed by atoms with Gasteiger partial charge in [0.2, 0.25) is 0 Å². The monoisotopic (exact) mass is 244 g/mol. The van der Waals surface area contributed by atoms with Gasteiger partial charge in [-0.1, -0.05) is 6.07 Å². The summed E-state index contributed by atoms with van der Waals surface area (Å²) >= 11 is 0. The molecule has 0 aliphatic heterocycles. The Morgan fingerprint density at radius 2 is 1.59 bits per heavy atom. The lowest BCUT2D eigenvalue weighted by Gasteiger charge is -2.02. The largest absolute Gasteiger partial charge is 0.333 e. The van der Waals surface area contributed by atoms with Gasteiger partial charge in [-0.05, 0) is 57.2 Å². The molecule has 1 unspecified atom stereocenters. The van der Waals surface area contributed by atoms with Crippen molar-refractivity contribution in [3.05, 3.63) is 35.1 Å². The van der Waals surface area contributed by atoms with Gasteiger partial charge in [0.15, 0.2) is 0 Å². The van der Waals surface area contributed by atoms with E-state index in [4.69, 9.17) is 5.73 Å². The molecule has 17 heavy (non-hydrogen) atoms. The molecule has 5 heteroatoms. The third-order valence-corrected chi connectivity index (χ3v) is 2.23. The molecule has 1 aliphatic rings. The van der Waals surface area contributed by atoms with Gasteiger partial charge in [0.1, 0.15) is 5.82 Å². The standard InChI is InChI=1S/C9H10FN.3CH5N/c10-7-3-1-6-2-4-9(11)8(6)5-7;3*1-2/h1,3,5,9H,2,4,11H2;3*2H2,1H3. The fourth-order valence-corrected chi connectivity index (χ4v) is 1.61. The van der Waals surface area contributed by atoms with Crippen LogP contribution in [0.25, 0.3) is 0 Å². The van der Waals surface area contributed by atoms with Crippen molar-refractivity contribution in [1.29, 1.82) is 0 Å². The van der Waals surface area contributed by atoms with E-state index >= 15 is 0 Å². The summed E-state index contributed by atoms with van der Waals surface area (Å²) in [5.41, 5.74) is 21.4. The minimum atomic E-state index is -0.180. The van der Waals surface area contributed by atoms with Crippen molar-refractivity contribution in [2.24, 2.45) is 22.9 Å². The van der Waals surface area contributed by atoms with E-state index in [1.54, 1.807) is 6.07 Å². The van der Waals surface area contributed by atoms with Gasteiger partial charge in [-0.15, -0.1) is 0 Å². The van der Waals surface area contributed by atoms with Crippen LogP contribution in [-0.2, 0) is 6.42 Å². The van der Waals surface area contributed by atoms with Crippen LogP contribution in [0.5, 0.6) is 0 Å². The molecule has 0 saturated heterocycles. The number of fused-ring (bicyclic) bond motifs is 1. The number of rotatable bonds is 0. The van der Waals surface area contributed by atoms with E-state index in [2.05, 4.69) is 17.2 Å². The van der Waals surface area contributed by atoms with E-state index in [9.17, 15) is 4.39 Å². The van der Waals surface area contributed by atoms with Crippen molar-refractivity contribution in [3.63, 3.8) is 0 Å². The second-order valence-electron chi connectivity index (χ2n) is 2.99. The third kappa shape index (κ3) is 5.74. The zero-order chi connectivity index (χ0) is 13.8. The Hall–Kier alpha value is -1.01. The molecule has 1 aromatic rings. The van der Waals surface area contributed by atoms with E-state index in [0.717, 1.165) is 18.4 Å². The summed E-state index contributed by atoms with van der Waals surface area (Å²) in [6.07, 6.45) is 1.95. The van der Waals surface area contributed by atoms with Gasteiger partial charge in [-0.2, -0.15) is 0 Å². The molecular weight excluding hydrogens is 219 g/mol. The molecule has 0 bridgehead atoms. The van der Waals surface area contributed by atoms with Gasteiger partial charge in [0.25, 0.3) is 0 Å². The molecule has 8 N–H and O–H groups in total. The van der Waals surface area contributed by atoms with Crippen molar-refractivity contribution < 1.29 is 4.39 Å². The quantitative estimate of drug-likeness (QED) is 0.533. The van der Waals surface area contributed by atoms with E-state index < -0.39 is 0 Å². The second kappa shape index (κ2) is 11.5. The smallest absolute Gasteiger partial charge is 0.123 e. The Morgan fingerprint density at radius 1 is 1.06 bits per heavy atom. The zero-order valence-electron chi connectivity index (χ0n) is 10.9. The topological polar surface area (TPSA) is 104 Å². The Bertz CT molecular complexity index is 292. The lowest BCUT2D eigenvalue weighted by atomic mass is 10.1. The maximum absolute atomic E-state index is 12.7. The van der Waals surface area contributed by atoms with Crippen molar-refractivity contribution in [2.75, 3.05) is 21.1 Å². The van der Waals surface area contributed by atoms with E-state index in [-0.39, 0.29) is 11.9 Å². The first-order valence-corrected chi connectivity index (χ1v) is 5.54. The number of benzene rings is 1. The van der Waals surface area contributed by atoms with Crippen LogP contribution in [0, 0.1) is 5.82 Å². The molecule has 1 aromatic carbocycles. The number of nitrogens with two attached hydrogens (primary N) is 4. The highest BCUT2D eigenvalue weighted by molar-refractivity contribution is 5.34. The van der Waals surface area contributed by atoms with Crippen LogP contribution in [0.2, 0.25) is 0 Å². The lowest BCUT2D eigenvalue weighted by molar-refractivity contribution is 0.622. The number of halogens is 1. The molecule has 0 radical (unpaired) electrons. The van der Waals surface area contributed by atoms with Crippen molar-refractivity contribution >= 4 is 0 Å². The third-order valence-electron chi connectivity index (χ3n) is 2.23. The summed E-state index contributed by atoms with van der Waals surface area (Å²) in [6.45, 7) is 0. The van der Waals surface area contributed by atoms with Crippen molar-refractivity contribution in [1.82, 2.24) is 0 Å². The number of hydrogen-bond donors (Lipinski definition) is 4. The molecule has 2 rings (SSSR count). The molecule has 1 atom stereocenters. The first kappa shape index (κ1) is 18.4. The molecule has 1 aliphatic carbocycles. The molecule has 0 spiro atoms. The Morgan fingerprint density at radius 3 is 2.12 bits per heavy atom. The molecule has 4 nitrogen and oxygen atoms in total. The molecule has 0 fully saturated rings. The van der Waals surface area contributed by atoms with Gasteiger partial charge in [-0.3, -0.25) is 0 Å². The van der Waals surface area contributed by atoms with Gasteiger partial charge < -0.3 is 22.9 Å². The summed E-state index contributed by atoms with van der Waals surface area (Å²) in [5, 5.41) is 0. The fourth-order valence-electron chi connectivity index (χ4n) is 1.61. The first-order valence-electron chi connectivity index (χ1n) is 5.54.